The molecular formula is C19H27ClN4O3. The van der Waals surface area contributed by atoms with Gasteiger partial charge in [-0.2, -0.15) is 4.98 Å². The molecule has 148 valence electrons. The maximum absolute atomic E-state index is 6.38. The molecule has 1 fully saturated rings. The zero-order valence-electron chi connectivity index (χ0n) is 16.2. The van der Waals surface area contributed by atoms with E-state index in [-0.39, 0.29) is 0 Å². The summed E-state index contributed by atoms with van der Waals surface area (Å²) in [6.07, 6.45) is 1.10. The summed E-state index contributed by atoms with van der Waals surface area (Å²) in [5.41, 5.74) is 1.13. The van der Waals surface area contributed by atoms with Crippen molar-refractivity contribution in [3.63, 3.8) is 0 Å². The van der Waals surface area contributed by atoms with Crippen LogP contribution in [0.15, 0.2) is 16.7 Å². The number of hydrogen-bond acceptors (Lipinski definition) is 7. The van der Waals surface area contributed by atoms with Crippen molar-refractivity contribution in [1.82, 2.24) is 19.9 Å². The van der Waals surface area contributed by atoms with Crippen molar-refractivity contribution < 1.29 is 14.0 Å². The minimum atomic E-state index is 0.574. The van der Waals surface area contributed by atoms with Crippen LogP contribution in [0.3, 0.4) is 0 Å². The minimum absolute atomic E-state index is 0.574. The maximum atomic E-state index is 6.38. The lowest BCUT2D eigenvalue weighted by molar-refractivity contribution is 0.240. The van der Waals surface area contributed by atoms with E-state index in [0.29, 0.717) is 29.0 Å². The third kappa shape index (κ3) is 5.34. The van der Waals surface area contributed by atoms with Crippen LogP contribution in [0.25, 0.3) is 0 Å². The molecule has 0 bridgehead atoms. The van der Waals surface area contributed by atoms with Gasteiger partial charge in [-0.3, -0.25) is 9.80 Å². The fourth-order valence-electron chi connectivity index (χ4n) is 3.38. The van der Waals surface area contributed by atoms with Gasteiger partial charge in [0.05, 0.1) is 25.3 Å². The maximum Gasteiger partial charge on any atom is 0.223 e. The topological polar surface area (TPSA) is 63.9 Å². The lowest BCUT2D eigenvalue weighted by atomic mass is 10.1. The second-order valence-electron chi connectivity index (χ2n) is 6.68. The molecule has 0 saturated carbocycles. The zero-order valence-corrected chi connectivity index (χ0v) is 17.0. The molecule has 1 aromatic heterocycles. The van der Waals surface area contributed by atoms with E-state index in [9.17, 15) is 0 Å². The Morgan fingerprint density at radius 2 is 1.89 bits per heavy atom. The van der Waals surface area contributed by atoms with E-state index in [1.807, 2.05) is 26.0 Å². The van der Waals surface area contributed by atoms with Crippen molar-refractivity contribution >= 4 is 11.6 Å². The van der Waals surface area contributed by atoms with Crippen LogP contribution < -0.4 is 9.47 Å². The molecule has 0 unspecified atom stereocenters. The first-order chi connectivity index (χ1) is 13.1. The SMILES string of the molecule is CCOc1cc(CN2CCCN(Cc3noc(C)n3)CC2)cc(Cl)c1OC. The molecule has 0 atom stereocenters. The minimum Gasteiger partial charge on any atom is -0.491 e. The van der Waals surface area contributed by atoms with Crippen LogP contribution in [0.2, 0.25) is 5.02 Å². The van der Waals surface area contributed by atoms with Crippen molar-refractivity contribution in [3.05, 3.63) is 34.4 Å². The van der Waals surface area contributed by atoms with Crippen LogP contribution in [-0.4, -0.2) is 59.8 Å². The Morgan fingerprint density at radius 1 is 1.15 bits per heavy atom. The third-order valence-corrected chi connectivity index (χ3v) is 4.88. The second-order valence-corrected chi connectivity index (χ2v) is 7.08. The Kier molecular flexibility index (Phi) is 6.93. The number of hydrogen-bond donors (Lipinski definition) is 0. The summed E-state index contributed by atoms with van der Waals surface area (Å²) < 4.78 is 16.1. The highest BCUT2D eigenvalue weighted by Gasteiger charge is 2.18. The third-order valence-electron chi connectivity index (χ3n) is 4.60. The van der Waals surface area contributed by atoms with Crippen LogP contribution in [0.4, 0.5) is 0 Å². The molecule has 0 aliphatic carbocycles. The Bertz CT molecular complexity index is 753. The van der Waals surface area contributed by atoms with Gasteiger partial charge in [0, 0.05) is 26.6 Å². The molecule has 0 radical (unpaired) electrons. The quantitative estimate of drug-likeness (QED) is 0.714. The highest BCUT2D eigenvalue weighted by Crippen LogP contribution is 2.36. The summed E-state index contributed by atoms with van der Waals surface area (Å²) >= 11 is 6.38. The molecule has 2 heterocycles. The molecule has 27 heavy (non-hydrogen) atoms. The molecule has 1 aliphatic heterocycles. The summed E-state index contributed by atoms with van der Waals surface area (Å²) in [6.45, 7) is 9.91. The van der Waals surface area contributed by atoms with Crippen LogP contribution in [0.5, 0.6) is 11.5 Å². The van der Waals surface area contributed by atoms with E-state index < -0.39 is 0 Å². The lowest BCUT2D eigenvalue weighted by Gasteiger charge is -2.22. The van der Waals surface area contributed by atoms with Crippen molar-refractivity contribution in [1.29, 1.82) is 0 Å². The van der Waals surface area contributed by atoms with E-state index in [4.69, 9.17) is 25.6 Å². The van der Waals surface area contributed by atoms with Gasteiger partial charge in [0.15, 0.2) is 17.3 Å². The van der Waals surface area contributed by atoms with Gasteiger partial charge in [-0.05, 0) is 44.1 Å². The van der Waals surface area contributed by atoms with Gasteiger partial charge in [0.2, 0.25) is 5.89 Å². The molecule has 8 heteroatoms. The Balaban J connectivity index is 1.61. The van der Waals surface area contributed by atoms with Gasteiger partial charge in [0.1, 0.15) is 0 Å². The number of ether oxygens (including phenoxy) is 2. The average molecular weight is 395 g/mol. The molecule has 1 aliphatic rings. The summed E-state index contributed by atoms with van der Waals surface area (Å²) in [7, 11) is 1.61. The fraction of sp³-hybridized carbons (Fsp3) is 0.579. The molecule has 0 N–H and O–H groups in total. The number of nitrogens with zero attached hydrogens (tertiary/aromatic N) is 4. The molecular weight excluding hydrogens is 368 g/mol. The normalized spacial score (nSPS) is 16.3. The van der Waals surface area contributed by atoms with Crippen molar-refractivity contribution in [3.8, 4) is 11.5 Å². The van der Waals surface area contributed by atoms with Gasteiger partial charge in [-0.15, -0.1) is 0 Å². The first kappa shape index (κ1) is 19.9. The molecule has 1 saturated heterocycles. The first-order valence-electron chi connectivity index (χ1n) is 9.32. The number of rotatable bonds is 7. The van der Waals surface area contributed by atoms with Crippen LogP contribution >= 0.6 is 11.6 Å². The Hall–Kier alpha value is -1.83. The van der Waals surface area contributed by atoms with E-state index in [0.717, 1.165) is 57.1 Å². The van der Waals surface area contributed by atoms with Crippen molar-refractivity contribution in [2.45, 2.75) is 33.4 Å². The van der Waals surface area contributed by atoms with Gasteiger partial charge < -0.3 is 14.0 Å². The van der Waals surface area contributed by atoms with Crippen LogP contribution in [0.1, 0.15) is 30.6 Å². The fourth-order valence-corrected chi connectivity index (χ4v) is 3.69. The van der Waals surface area contributed by atoms with E-state index in [1.54, 1.807) is 7.11 Å². The molecule has 1 aromatic carbocycles. The zero-order chi connectivity index (χ0) is 19.2. The predicted octanol–water partition coefficient (Wildman–Crippen LogP) is 3.15. The van der Waals surface area contributed by atoms with Crippen LogP contribution in [0, 0.1) is 6.92 Å². The number of aromatic nitrogens is 2. The largest absolute Gasteiger partial charge is 0.491 e. The molecule has 0 spiro atoms. The van der Waals surface area contributed by atoms with Gasteiger partial charge >= 0.3 is 0 Å². The van der Waals surface area contributed by atoms with Crippen molar-refractivity contribution in [2.24, 2.45) is 0 Å². The predicted molar refractivity (Wildman–Crippen MR) is 103 cm³/mol. The highest BCUT2D eigenvalue weighted by atomic mass is 35.5. The summed E-state index contributed by atoms with van der Waals surface area (Å²) in [4.78, 5) is 9.11. The smallest absolute Gasteiger partial charge is 0.223 e. The molecule has 0 amide bonds. The number of aryl methyl sites for hydroxylation is 1. The average Bonchev–Trinajstić information content (AvgIpc) is 2.91. The van der Waals surface area contributed by atoms with Gasteiger partial charge in [-0.1, -0.05) is 16.8 Å². The number of halogens is 1. The Labute approximate surface area is 165 Å². The summed E-state index contributed by atoms with van der Waals surface area (Å²) in [5.74, 6) is 2.67. The lowest BCUT2D eigenvalue weighted by Crippen LogP contribution is -2.30. The number of methoxy groups -OCH3 is 1. The van der Waals surface area contributed by atoms with Crippen LogP contribution in [-0.2, 0) is 13.1 Å². The summed E-state index contributed by atoms with van der Waals surface area (Å²) in [5, 5.41) is 4.58. The van der Waals surface area contributed by atoms with Gasteiger partial charge in [-0.25, -0.2) is 0 Å². The van der Waals surface area contributed by atoms with E-state index in [2.05, 4.69) is 19.9 Å². The van der Waals surface area contributed by atoms with Crippen molar-refractivity contribution in [2.75, 3.05) is 39.9 Å². The molecule has 2 aromatic rings. The van der Waals surface area contributed by atoms with E-state index >= 15 is 0 Å². The first-order valence-corrected chi connectivity index (χ1v) is 9.70. The molecule has 3 rings (SSSR count). The van der Waals surface area contributed by atoms with Gasteiger partial charge in [0.25, 0.3) is 0 Å². The number of benzene rings is 1. The molecule has 7 nitrogen and oxygen atoms in total. The standard InChI is InChI=1S/C19H27ClN4O3/c1-4-26-17-11-15(10-16(20)19(17)25-3)12-23-6-5-7-24(9-8-23)13-18-21-14(2)27-22-18/h10-11H,4-9,12-13H2,1-3H3. The second kappa shape index (κ2) is 9.39. The Morgan fingerprint density at radius 3 is 2.52 bits per heavy atom. The van der Waals surface area contributed by atoms with E-state index in [1.165, 1.54) is 0 Å². The highest BCUT2D eigenvalue weighted by molar-refractivity contribution is 6.32. The summed E-state index contributed by atoms with van der Waals surface area (Å²) in [6, 6.07) is 3.99. The monoisotopic (exact) mass is 394 g/mol.